The molecule has 0 atom stereocenters. The summed E-state index contributed by atoms with van der Waals surface area (Å²) in [5, 5.41) is 3.60. The number of carbonyl (C=O) groups excluding carboxylic acids is 1. The van der Waals surface area contributed by atoms with Crippen LogP contribution in [0.15, 0.2) is 18.2 Å². The third-order valence-electron chi connectivity index (χ3n) is 3.98. The Labute approximate surface area is 125 Å². The van der Waals surface area contributed by atoms with Gasteiger partial charge in [-0.1, -0.05) is 6.07 Å². The normalized spacial score (nSPS) is 14.6. The van der Waals surface area contributed by atoms with E-state index in [1.54, 1.807) is 32.2 Å². The first kappa shape index (κ1) is 14.6. The van der Waals surface area contributed by atoms with Gasteiger partial charge in [-0.2, -0.15) is 18.3 Å². The van der Waals surface area contributed by atoms with Crippen molar-refractivity contribution in [3.05, 3.63) is 40.7 Å². The van der Waals surface area contributed by atoms with Gasteiger partial charge in [0.15, 0.2) is 5.69 Å². The molecule has 0 radical (unpaired) electrons. The Morgan fingerprint density at radius 1 is 1.23 bits per heavy atom. The highest BCUT2D eigenvalue weighted by Gasteiger charge is 2.39. The smallest absolute Gasteiger partial charge is 0.337 e. The standard InChI is InChI=1S/C15H14F3N3O/c1-8-12(13(15(16,17)18)19-21(8)3)9-4-5-11-10(6-9)7-20(2)14(11)22/h4-6H,7H2,1-3H3. The zero-order valence-electron chi connectivity index (χ0n) is 12.3. The Morgan fingerprint density at radius 3 is 2.55 bits per heavy atom. The van der Waals surface area contributed by atoms with E-state index in [1.165, 1.54) is 16.6 Å². The third-order valence-corrected chi connectivity index (χ3v) is 3.98. The van der Waals surface area contributed by atoms with Crippen molar-refractivity contribution < 1.29 is 18.0 Å². The predicted molar refractivity (Wildman–Crippen MR) is 74.2 cm³/mol. The van der Waals surface area contributed by atoms with Gasteiger partial charge < -0.3 is 4.90 Å². The van der Waals surface area contributed by atoms with Crippen LogP contribution in [0.4, 0.5) is 13.2 Å². The second-order valence-corrected chi connectivity index (χ2v) is 5.46. The van der Waals surface area contributed by atoms with Crippen LogP contribution in [0.2, 0.25) is 0 Å². The maximum atomic E-state index is 13.2. The monoisotopic (exact) mass is 309 g/mol. The van der Waals surface area contributed by atoms with E-state index in [2.05, 4.69) is 5.10 Å². The summed E-state index contributed by atoms with van der Waals surface area (Å²) >= 11 is 0. The molecule has 7 heteroatoms. The van der Waals surface area contributed by atoms with E-state index in [9.17, 15) is 18.0 Å². The summed E-state index contributed by atoms with van der Waals surface area (Å²) in [5.74, 6) is -0.111. The zero-order chi connectivity index (χ0) is 16.2. The first-order chi connectivity index (χ1) is 10.2. The van der Waals surface area contributed by atoms with Gasteiger partial charge in [0, 0.05) is 37.5 Å². The number of nitrogens with zero attached hydrogens (tertiary/aromatic N) is 3. The summed E-state index contributed by atoms with van der Waals surface area (Å²) in [5.41, 5.74) is 1.32. The van der Waals surface area contributed by atoms with Crippen molar-refractivity contribution in [3.63, 3.8) is 0 Å². The van der Waals surface area contributed by atoms with Gasteiger partial charge in [-0.15, -0.1) is 0 Å². The largest absolute Gasteiger partial charge is 0.435 e. The van der Waals surface area contributed by atoms with E-state index in [0.717, 1.165) is 5.56 Å². The number of alkyl halides is 3. The van der Waals surface area contributed by atoms with Gasteiger partial charge in [0.05, 0.1) is 0 Å². The summed E-state index contributed by atoms with van der Waals surface area (Å²) in [6, 6.07) is 4.79. The average molecular weight is 309 g/mol. The van der Waals surface area contributed by atoms with E-state index >= 15 is 0 Å². The fourth-order valence-electron chi connectivity index (χ4n) is 2.77. The fraction of sp³-hybridized carbons (Fsp3) is 0.333. The van der Waals surface area contributed by atoms with Gasteiger partial charge in [0.1, 0.15) is 0 Å². The maximum Gasteiger partial charge on any atom is 0.435 e. The van der Waals surface area contributed by atoms with E-state index in [1.807, 2.05) is 0 Å². The minimum Gasteiger partial charge on any atom is -0.337 e. The molecular weight excluding hydrogens is 295 g/mol. The van der Waals surface area contributed by atoms with Crippen LogP contribution in [0.1, 0.15) is 27.3 Å². The van der Waals surface area contributed by atoms with Crippen LogP contribution in [0.3, 0.4) is 0 Å². The van der Waals surface area contributed by atoms with Crippen molar-refractivity contribution in [1.82, 2.24) is 14.7 Å². The number of halogens is 3. The quantitative estimate of drug-likeness (QED) is 0.812. The van der Waals surface area contributed by atoms with Crippen molar-refractivity contribution in [1.29, 1.82) is 0 Å². The molecule has 0 aliphatic carbocycles. The topological polar surface area (TPSA) is 38.1 Å². The molecule has 1 aromatic carbocycles. The minimum atomic E-state index is -4.52. The number of fused-ring (bicyclic) bond motifs is 1. The number of aromatic nitrogens is 2. The number of hydrogen-bond donors (Lipinski definition) is 0. The molecular formula is C15H14F3N3O. The molecule has 3 rings (SSSR count). The lowest BCUT2D eigenvalue weighted by atomic mass is 9.98. The molecule has 116 valence electrons. The van der Waals surface area contributed by atoms with Crippen molar-refractivity contribution in [3.8, 4) is 11.1 Å². The van der Waals surface area contributed by atoms with Crippen LogP contribution < -0.4 is 0 Å². The SMILES string of the molecule is Cc1c(-c2ccc3c(c2)CN(C)C3=O)c(C(F)(F)F)nn1C. The Morgan fingerprint density at radius 2 is 1.91 bits per heavy atom. The lowest BCUT2D eigenvalue weighted by Gasteiger charge is -2.08. The van der Waals surface area contributed by atoms with Crippen molar-refractivity contribution >= 4 is 5.91 Å². The molecule has 22 heavy (non-hydrogen) atoms. The number of amides is 1. The van der Waals surface area contributed by atoms with Crippen LogP contribution in [-0.4, -0.2) is 27.6 Å². The maximum absolute atomic E-state index is 13.2. The molecule has 0 saturated heterocycles. The van der Waals surface area contributed by atoms with Gasteiger partial charge in [-0.3, -0.25) is 9.48 Å². The highest BCUT2D eigenvalue weighted by Crippen LogP contribution is 2.39. The Kier molecular flexibility index (Phi) is 3.05. The summed E-state index contributed by atoms with van der Waals surface area (Å²) in [6.07, 6.45) is -4.52. The molecule has 1 aliphatic heterocycles. The lowest BCUT2D eigenvalue weighted by Crippen LogP contribution is -2.17. The molecule has 0 N–H and O–H groups in total. The number of benzene rings is 1. The summed E-state index contributed by atoms with van der Waals surface area (Å²) in [4.78, 5) is 13.4. The Bertz CT molecular complexity index is 777. The van der Waals surface area contributed by atoms with Crippen molar-refractivity contribution in [2.45, 2.75) is 19.6 Å². The molecule has 2 aromatic rings. The van der Waals surface area contributed by atoms with E-state index in [4.69, 9.17) is 0 Å². The average Bonchev–Trinajstić information content (AvgIpc) is 2.88. The van der Waals surface area contributed by atoms with Crippen LogP contribution in [0.5, 0.6) is 0 Å². The molecule has 0 unspecified atom stereocenters. The number of hydrogen-bond acceptors (Lipinski definition) is 2. The summed E-state index contributed by atoms with van der Waals surface area (Å²) < 4.78 is 40.8. The van der Waals surface area contributed by atoms with E-state index in [0.29, 0.717) is 23.4 Å². The molecule has 4 nitrogen and oxygen atoms in total. The van der Waals surface area contributed by atoms with Gasteiger partial charge in [-0.05, 0) is 30.2 Å². The summed E-state index contributed by atoms with van der Waals surface area (Å²) in [7, 11) is 3.15. The second kappa shape index (κ2) is 4.59. The molecule has 2 heterocycles. The molecule has 0 saturated carbocycles. The molecule has 0 fully saturated rings. The molecule has 0 spiro atoms. The first-order valence-corrected chi connectivity index (χ1v) is 6.69. The van der Waals surface area contributed by atoms with Crippen molar-refractivity contribution in [2.75, 3.05) is 7.05 Å². The molecule has 1 amide bonds. The zero-order valence-corrected chi connectivity index (χ0v) is 12.3. The highest BCUT2D eigenvalue weighted by molar-refractivity contribution is 5.98. The summed E-state index contributed by atoms with van der Waals surface area (Å²) in [6.45, 7) is 2.00. The van der Waals surface area contributed by atoms with Crippen LogP contribution in [0, 0.1) is 6.92 Å². The van der Waals surface area contributed by atoms with Gasteiger partial charge >= 0.3 is 6.18 Å². The molecule has 1 aromatic heterocycles. The van der Waals surface area contributed by atoms with E-state index in [-0.39, 0.29) is 11.5 Å². The predicted octanol–water partition coefficient (Wildman–Crippen LogP) is 3.00. The Balaban J connectivity index is 2.18. The fourth-order valence-corrected chi connectivity index (χ4v) is 2.77. The minimum absolute atomic E-state index is 0.0693. The second-order valence-electron chi connectivity index (χ2n) is 5.46. The Hall–Kier alpha value is -2.31. The third kappa shape index (κ3) is 2.08. The lowest BCUT2D eigenvalue weighted by molar-refractivity contribution is -0.140. The number of rotatable bonds is 1. The van der Waals surface area contributed by atoms with Gasteiger partial charge in [0.25, 0.3) is 5.91 Å². The van der Waals surface area contributed by atoms with Crippen LogP contribution in [-0.2, 0) is 19.8 Å². The van der Waals surface area contributed by atoms with Crippen LogP contribution in [0.25, 0.3) is 11.1 Å². The highest BCUT2D eigenvalue weighted by atomic mass is 19.4. The number of aryl methyl sites for hydroxylation is 1. The molecule has 0 bridgehead atoms. The van der Waals surface area contributed by atoms with E-state index < -0.39 is 11.9 Å². The van der Waals surface area contributed by atoms with Crippen LogP contribution >= 0.6 is 0 Å². The molecule has 1 aliphatic rings. The van der Waals surface area contributed by atoms with Gasteiger partial charge in [-0.25, -0.2) is 0 Å². The van der Waals surface area contributed by atoms with Crippen molar-refractivity contribution in [2.24, 2.45) is 7.05 Å². The first-order valence-electron chi connectivity index (χ1n) is 6.69. The van der Waals surface area contributed by atoms with Gasteiger partial charge in [0.2, 0.25) is 0 Å². The number of carbonyl (C=O) groups is 1.